The van der Waals surface area contributed by atoms with E-state index in [0.717, 1.165) is 0 Å². The Labute approximate surface area is 184 Å². The number of phenolic OH excluding ortho intramolecular Hbond substituents is 2. The first-order valence-corrected chi connectivity index (χ1v) is 9.91. The third kappa shape index (κ3) is 3.45. The molecule has 4 N–H and O–H groups in total. The fourth-order valence-corrected chi connectivity index (χ4v) is 4.50. The predicted molar refractivity (Wildman–Crippen MR) is 109 cm³/mol. The number of aliphatic hydroxyl groups excluding tert-OH is 2. The number of aromatic hydroxyl groups is 2. The third-order valence-corrected chi connectivity index (χ3v) is 6.04. The molecular formula is C22H26O10. The molecule has 6 atom stereocenters. The van der Waals surface area contributed by atoms with E-state index in [1.165, 1.54) is 28.4 Å². The van der Waals surface area contributed by atoms with Gasteiger partial charge in [0.2, 0.25) is 11.5 Å². The Bertz CT molecular complexity index is 863. The first-order valence-electron chi connectivity index (χ1n) is 9.91. The minimum absolute atomic E-state index is 0.166. The summed E-state index contributed by atoms with van der Waals surface area (Å²) in [6.07, 6.45) is -4.05. The molecule has 0 saturated carbocycles. The largest absolute Gasteiger partial charge is 0.502 e. The second kappa shape index (κ2) is 8.55. The summed E-state index contributed by atoms with van der Waals surface area (Å²) in [7, 11) is 5.61. The van der Waals surface area contributed by atoms with E-state index in [-0.39, 0.29) is 34.5 Å². The van der Waals surface area contributed by atoms with Crippen LogP contribution in [0.2, 0.25) is 0 Å². The highest BCUT2D eigenvalue weighted by Crippen LogP contribution is 2.57. The Morgan fingerprint density at radius 1 is 0.594 bits per heavy atom. The van der Waals surface area contributed by atoms with Crippen LogP contribution in [0.4, 0.5) is 0 Å². The lowest BCUT2D eigenvalue weighted by molar-refractivity contribution is -0.173. The van der Waals surface area contributed by atoms with Gasteiger partial charge >= 0.3 is 0 Å². The Morgan fingerprint density at radius 2 is 0.875 bits per heavy atom. The molecule has 0 aromatic heterocycles. The maximum Gasteiger partial charge on any atom is 0.200 e. The van der Waals surface area contributed by atoms with Crippen LogP contribution in [0.15, 0.2) is 24.3 Å². The van der Waals surface area contributed by atoms with Gasteiger partial charge in [-0.25, -0.2) is 0 Å². The zero-order valence-corrected chi connectivity index (χ0v) is 18.0. The molecule has 2 fully saturated rings. The fourth-order valence-electron chi connectivity index (χ4n) is 4.50. The van der Waals surface area contributed by atoms with Crippen LogP contribution < -0.4 is 18.9 Å². The molecule has 0 radical (unpaired) electrons. The molecule has 0 aliphatic carbocycles. The van der Waals surface area contributed by atoms with Gasteiger partial charge in [0.05, 0.1) is 52.5 Å². The number of hydrogen-bond acceptors (Lipinski definition) is 10. The molecule has 2 aromatic carbocycles. The maximum absolute atomic E-state index is 10.8. The highest BCUT2D eigenvalue weighted by Gasteiger charge is 2.58. The summed E-state index contributed by atoms with van der Waals surface area (Å²) >= 11 is 0. The van der Waals surface area contributed by atoms with E-state index in [2.05, 4.69) is 0 Å². The molecular weight excluding hydrogens is 424 g/mol. The highest BCUT2D eigenvalue weighted by atomic mass is 16.7. The number of rotatable bonds is 6. The van der Waals surface area contributed by atoms with Crippen LogP contribution in [-0.4, -0.2) is 61.4 Å². The quantitative estimate of drug-likeness (QED) is 0.516. The highest BCUT2D eigenvalue weighted by molar-refractivity contribution is 5.54. The van der Waals surface area contributed by atoms with Gasteiger partial charge in [0.25, 0.3) is 0 Å². The maximum atomic E-state index is 10.8. The van der Waals surface area contributed by atoms with Gasteiger partial charge in [-0.15, -0.1) is 0 Å². The van der Waals surface area contributed by atoms with Gasteiger partial charge in [-0.2, -0.15) is 0 Å². The Balaban J connectivity index is 1.73. The van der Waals surface area contributed by atoms with Crippen molar-refractivity contribution >= 4 is 0 Å². The van der Waals surface area contributed by atoms with Crippen LogP contribution in [0.5, 0.6) is 34.5 Å². The number of ether oxygens (including phenoxy) is 6. The van der Waals surface area contributed by atoms with Gasteiger partial charge in [-0.3, -0.25) is 0 Å². The summed E-state index contributed by atoms with van der Waals surface area (Å²) in [6, 6.07) is 6.24. The minimum atomic E-state index is -1.26. The van der Waals surface area contributed by atoms with Crippen molar-refractivity contribution in [2.75, 3.05) is 28.4 Å². The molecule has 174 valence electrons. The minimum Gasteiger partial charge on any atom is -0.502 e. The average molecular weight is 450 g/mol. The van der Waals surface area contributed by atoms with Crippen LogP contribution >= 0.6 is 0 Å². The van der Waals surface area contributed by atoms with Crippen LogP contribution in [0.3, 0.4) is 0 Å². The molecule has 0 bridgehead atoms. The van der Waals surface area contributed by atoms with Gasteiger partial charge in [-0.05, 0) is 35.4 Å². The van der Waals surface area contributed by atoms with Crippen molar-refractivity contribution in [3.8, 4) is 34.5 Å². The molecule has 2 aliphatic rings. The Kier molecular flexibility index (Phi) is 5.95. The van der Waals surface area contributed by atoms with E-state index >= 15 is 0 Å². The number of aliphatic hydroxyl groups is 2. The molecule has 0 amide bonds. The summed E-state index contributed by atoms with van der Waals surface area (Å²) in [5.41, 5.74) is 1.07. The smallest absolute Gasteiger partial charge is 0.200 e. The Morgan fingerprint density at radius 3 is 1.12 bits per heavy atom. The lowest BCUT2D eigenvalue weighted by atomic mass is 9.83. The molecule has 2 aliphatic heterocycles. The fraction of sp³-hybridized carbons (Fsp3) is 0.455. The summed E-state index contributed by atoms with van der Waals surface area (Å²) in [4.78, 5) is 0. The SMILES string of the molecule is COc1cc([C@H]2OC(O)[C@H]3[C@@H]2C(O)O[C@@H]3c2cc(OC)c(O)c(OC)c2)cc(OC)c1O. The van der Waals surface area contributed by atoms with E-state index in [1.807, 2.05) is 0 Å². The molecule has 32 heavy (non-hydrogen) atoms. The summed E-state index contributed by atoms with van der Waals surface area (Å²) in [5, 5.41) is 41.9. The number of fused-ring (bicyclic) bond motifs is 1. The van der Waals surface area contributed by atoms with Crippen molar-refractivity contribution in [2.45, 2.75) is 24.8 Å². The molecule has 4 rings (SSSR count). The van der Waals surface area contributed by atoms with Crippen LogP contribution in [0, 0.1) is 11.8 Å². The standard InChI is InChI=1S/C22H26O10/c1-27-11-5-9(6-12(28-2)17(11)23)19-15-16(22(26)31-19)20(32-21(15)25)10-7-13(29-3)18(24)14(8-10)30-4/h5-8,15-16,19-26H,1-4H3/t15-,16-,19+,20+,21?,22?/m0/s1. The second-order valence-electron chi connectivity index (χ2n) is 7.60. The topological polar surface area (TPSA) is 136 Å². The van der Waals surface area contributed by atoms with Crippen LogP contribution in [0.25, 0.3) is 0 Å². The van der Waals surface area contributed by atoms with Crippen molar-refractivity contribution < 1.29 is 48.8 Å². The molecule has 10 heteroatoms. The van der Waals surface area contributed by atoms with E-state index < -0.39 is 36.6 Å². The zero-order valence-electron chi connectivity index (χ0n) is 18.0. The van der Waals surface area contributed by atoms with Crippen molar-refractivity contribution in [1.82, 2.24) is 0 Å². The number of phenols is 2. The molecule has 2 saturated heterocycles. The molecule has 2 aromatic rings. The monoisotopic (exact) mass is 450 g/mol. The molecule has 10 nitrogen and oxygen atoms in total. The van der Waals surface area contributed by atoms with Crippen LogP contribution in [-0.2, 0) is 9.47 Å². The molecule has 0 spiro atoms. The van der Waals surface area contributed by atoms with Gasteiger partial charge in [0, 0.05) is 0 Å². The van der Waals surface area contributed by atoms with E-state index in [1.54, 1.807) is 24.3 Å². The van der Waals surface area contributed by atoms with Gasteiger partial charge < -0.3 is 48.8 Å². The van der Waals surface area contributed by atoms with Crippen LogP contribution in [0.1, 0.15) is 23.3 Å². The number of methoxy groups -OCH3 is 4. The zero-order chi connectivity index (χ0) is 23.2. The average Bonchev–Trinajstić information content (AvgIpc) is 3.32. The van der Waals surface area contributed by atoms with Crippen molar-refractivity contribution in [2.24, 2.45) is 11.8 Å². The first-order chi connectivity index (χ1) is 15.3. The number of benzene rings is 2. The van der Waals surface area contributed by atoms with E-state index in [0.29, 0.717) is 11.1 Å². The van der Waals surface area contributed by atoms with Gasteiger partial charge in [0.1, 0.15) is 0 Å². The molecule has 2 heterocycles. The van der Waals surface area contributed by atoms with Crippen molar-refractivity contribution in [1.29, 1.82) is 0 Å². The predicted octanol–water partition coefficient (Wildman–Crippen LogP) is 1.84. The summed E-state index contributed by atoms with van der Waals surface area (Å²) < 4.78 is 32.5. The lowest BCUT2D eigenvalue weighted by Crippen LogP contribution is -2.23. The van der Waals surface area contributed by atoms with Crippen molar-refractivity contribution in [3.05, 3.63) is 35.4 Å². The van der Waals surface area contributed by atoms with Crippen molar-refractivity contribution in [3.63, 3.8) is 0 Å². The third-order valence-electron chi connectivity index (χ3n) is 6.04. The Hall–Kier alpha value is -2.92. The first kappa shape index (κ1) is 22.3. The number of hydrogen-bond donors (Lipinski definition) is 4. The van der Waals surface area contributed by atoms with Gasteiger partial charge in [0.15, 0.2) is 35.6 Å². The normalized spacial score (nSPS) is 28.9. The van der Waals surface area contributed by atoms with Gasteiger partial charge in [-0.1, -0.05) is 0 Å². The lowest BCUT2D eigenvalue weighted by Gasteiger charge is -2.22. The second-order valence-corrected chi connectivity index (χ2v) is 7.60. The summed E-state index contributed by atoms with van der Waals surface area (Å²) in [6.45, 7) is 0. The van der Waals surface area contributed by atoms with E-state index in [9.17, 15) is 20.4 Å². The molecule has 2 unspecified atom stereocenters. The summed E-state index contributed by atoms with van der Waals surface area (Å²) in [5.74, 6) is -0.952. The van der Waals surface area contributed by atoms with E-state index in [4.69, 9.17) is 28.4 Å².